The lowest BCUT2D eigenvalue weighted by atomic mass is 10.0. The van der Waals surface area contributed by atoms with Gasteiger partial charge < -0.3 is 9.47 Å². The van der Waals surface area contributed by atoms with Crippen molar-refractivity contribution in [2.75, 3.05) is 20.8 Å². The van der Waals surface area contributed by atoms with Crippen LogP contribution in [0, 0.1) is 6.92 Å². The number of rotatable bonds is 5. The van der Waals surface area contributed by atoms with E-state index < -0.39 is 0 Å². The van der Waals surface area contributed by atoms with Gasteiger partial charge in [-0.25, -0.2) is 9.97 Å². The Morgan fingerprint density at radius 2 is 2.04 bits per heavy atom. The van der Waals surface area contributed by atoms with E-state index in [0.717, 1.165) is 54.6 Å². The molecule has 4 rings (SSSR count). The number of hydrogen-bond acceptors (Lipinski definition) is 6. The van der Waals surface area contributed by atoms with E-state index in [9.17, 15) is 0 Å². The molecule has 28 heavy (non-hydrogen) atoms. The molecule has 1 aromatic carbocycles. The molecule has 0 aliphatic carbocycles. The summed E-state index contributed by atoms with van der Waals surface area (Å²) in [5.41, 5.74) is 5.63. The second-order valence-corrected chi connectivity index (χ2v) is 6.99. The lowest BCUT2D eigenvalue weighted by molar-refractivity contribution is 0.238. The van der Waals surface area contributed by atoms with Gasteiger partial charge in [0.15, 0.2) is 5.82 Å². The zero-order chi connectivity index (χ0) is 19.5. The van der Waals surface area contributed by atoms with Gasteiger partial charge >= 0.3 is 0 Å². The van der Waals surface area contributed by atoms with E-state index in [1.807, 2.05) is 24.4 Å². The van der Waals surface area contributed by atoms with Gasteiger partial charge in [-0.3, -0.25) is 9.88 Å². The van der Waals surface area contributed by atoms with E-state index in [1.54, 1.807) is 26.6 Å². The van der Waals surface area contributed by atoms with Gasteiger partial charge in [0.1, 0.15) is 11.5 Å². The summed E-state index contributed by atoms with van der Waals surface area (Å²) in [5, 5.41) is 0. The molecule has 2 aromatic heterocycles. The van der Waals surface area contributed by atoms with Crippen molar-refractivity contribution in [2.24, 2.45) is 0 Å². The van der Waals surface area contributed by atoms with Gasteiger partial charge in [0, 0.05) is 67.4 Å². The van der Waals surface area contributed by atoms with Gasteiger partial charge in [0.25, 0.3) is 0 Å². The van der Waals surface area contributed by atoms with E-state index in [0.29, 0.717) is 0 Å². The fourth-order valence-electron chi connectivity index (χ4n) is 3.62. The zero-order valence-electron chi connectivity index (χ0n) is 16.5. The van der Waals surface area contributed by atoms with Crippen LogP contribution in [0.5, 0.6) is 11.5 Å². The minimum atomic E-state index is 0.743. The fourth-order valence-corrected chi connectivity index (χ4v) is 3.62. The predicted octanol–water partition coefficient (Wildman–Crippen LogP) is 3.42. The van der Waals surface area contributed by atoms with Crippen molar-refractivity contribution >= 4 is 0 Å². The molecule has 1 aliphatic heterocycles. The van der Waals surface area contributed by atoms with Crippen molar-refractivity contribution in [3.63, 3.8) is 0 Å². The highest BCUT2D eigenvalue weighted by molar-refractivity contribution is 5.53. The largest absolute Gasteiger partial charge is 0.497 e. The molecular formula is C22H24N4O2. The molecule has 0 bridgehead atoms. The summed E-state index contributed by atoms with van der Waals surface area (Å²) in [6.45, 7) is 4.70. The highest BCUT2D eigenvalue weighted by Gasteiger charge is 2.21. The van der Waals surface area contributed by atoms with Crippen molar-refractivity contribution in [3.8, 4) is 22.9 Å². The molecule has 0 atom stereocenters. The van der Waals surface area contributed by atoms with Crippen LogP contribution in [0.15, 0.2) is 42.9 Å². The Morgan fingerprint density at radius 3 is 2.79 bits per heavy atom. The average molecular weight is 376 g/mol. The minimum absolute atomic E-state index is 0.743. The second-order valence-electron chi connectivity index (χ2n) is 6.99. The van der Waals surface area contributed by atoms with Crippen molar-refractivity contribution in [2.45, 2.75) is 26.4 Å². The molecule has 0 saturated heterocycles. The SMILES string of the molecule is COc1cc(C)c(CN2CCc3nc(-c4cccnc4)ncc3C2)c(OC)c1. The topological polar surface area (TPSA) is 60.4 Å². The van der Waals surface area contributed by atoms with E-state index in [4.69, 9.17) is 14.5 Å². The maximum atomic E-state index is 5.61. The first-order valence-corrected chi connectivity index (χ1v) is 9.37. The first-order valence-electron chi connectivity index (χ1n) is 9.37. The third-order valence-electron chi connectivity index (χ3n) is 5.18. The third kappa shape index (κ3) is 3.68. The summed E-state index contributed by atoms with van der Waals surface area (Å²) in [5.74, 6) is 2.43. The number of ether oxygens (including phenoxy) is 2. The lowest BCUT2D eigenvalue weighted by Gasteiger charge is -2.29. The van der Waals surface area contributed by atoms with Gasteiger partial charge in [0.05, 0.1) is 19.9 Å². The Hall–Kier alpha value is -2.99. The first-order chi connectivity index (χ1) is 13.7. The zero-order valence-corrected chi connectivity index (χ0v) is 16.5. The molecule has 0 spiro atoms. The number of benzene rings is 1. The predicted molar refractivity (Wildman–Crippen MR) is 107 cm³/mol. The monoisotopic (exact) mass is 376 g/mol. The maximum absolute atomic E-state index is 5.61. The number of pyridine rings is 1. The normalized spacial score (nSPS) is 13.8. The lowest BCUT2D eigenvalue weighted by Crippen LogP contribution is -2.31. The molecule has 0 saturated carbocycles. The summed E-state index contributed by atoms with van der Waals surface area (Å²) in [6.07, 6.45) is 6.42. The Bertz CT molecular complexity index is 976. The van der Waals surface area contributed by atoms with Gasteiger partial charge in [-0.2, -0.15) is 0 Å². The van der Waals surface area contributed by atoms with Gasteiger partial charge in [0.2, 0.25) is 0 Å². The Kier molecular flexibility index (Phi) is 5.21. The van der Waals surface area contributed by atoms with Crippen molar-refractivity contribution in [1.29, 1.82) is 0 Å². The number of aryl methyl sites for hydroxylation is 1. The van der Waals surface area contributed by atoms with Crippen LogP contribution in [0.4, 0.5) is 0 Å². The van der Waals surface area contributed by atoms with Crippen LogP contribution in [0.2, 0.25) is 0 Å². The summed E-state index contributed by atoms with van der Waals surface area (Å²) in [6, 6.07) is 7.90. The van der Waals surface area contributed by atoms with E-state index >= 15 is 0 Å². The molecule has 0 N–H and O–H groups in total. The van der Waals surface area contributed by atoms with E-state index in [-0.39, 0.29) is 0 Å². The summed E-state index contributed by atoms with van der Waals surface area (Å²) < 4.78 is 11.0. The molecule has 0 amide bonds. The van der Waals surface area contributed by atoms with Gasteiger partial charge in [-0.15, -0.1) is 0 Å². The maximum Gasteiger partial charge on any atom is 0.160 e. The van der Waals surface area contributed by atoms with Crippen LogP contribution in [-0.4, -0.2) is 40.6 Å². The Labute approximate surface area is 165 Å². The van der Waals surface area contributed by atoms with Crippen LogP contribution >= 0.6 is 0 Å². The second kappa shape index (κ2) is 7.94. The highest BCUT2D eigenvalue weighted by Crippen LogP contribution is 2.31. The average Bonchev–Trinajstić information content (AvgIpc) is 2.75. The third-order valence-corrected chi connectivity index (χ3v) is 5.18. The highest BCUT2D eigenvalue weighted by atomic mass is 16.5. The van der Waals surface area contributed by atoms with Crippen molar-refractivity contribution in [1.82, 2.24) is 19.9 Å². The Morgan fingerprint density at radius 1 is 1.14 bits per heavy atom. The van der Waals surface area contributed by atoms with Gasteiger partial charge in [-0.1, -0.05) is 0 Å². The summed E-state index contributed by atoms with van der Waals surface area (Å²) >= 11 is 0. The fraction of sp³-hybridized carbons (Fsp3) is 0.318. The smallest absolute Gasteiger partial charge is 0.160 e. The molecule has 144 valence electrons. The van der Waals surface area contributed by atoms with E-state index in [2.05, 4.69) is 27.9 Å². The minimum Gasteiger partial charge on any atom is -0.497 e. The molecule has 0 radical (unpaired) electrons. The van der Waals surface area contributed by atoms with Crippen LogP contribution in [0.1, 0.15) is 22.4 Å². The molecule has 6 nitrogen and oxygen atoms in total. The van der Waals surface area contributed by atoms with Crippen LogP contribution in [0.3, 0.4) is 0 Å². The number of methoxy groups -OCH3 is 2. The van der Waals surface area contributed by atoms with Gasteiger partial charge in [-0.05, 0) is 30.7 Å². The van der Waals surface area contributed by atoms with Crippen LogP contribution in [-0.2, 0) is 19.5 Å². The van der Waals surface area contributed by atoms with E-state index in [1.165, 1.54) is 16.7 Å². The summed E-state index contributed by atoms with van der Waals surface area (Å²) in [4.78, 5) is 15.9. The number of aromatic nitrogens is 3. The Balaban J connectivity index is 1.54. The molecule has 6 heteroatoms. The number of fused-ring (bicyclic) bond motifs is 1. The molecule has 3 aromatic rings. The van der Waals surface area contributed by atoms with Crippen molar-refractivity contribution < 1.29 is 9.47 Å². The number of hydrogen-bond donors (Lipinski definition) is 0. The van der Waals surface area contributed by atoms with Crippen LogP contribution < -0.4 is 9.47 Å². The molecule has 0 fully saturated rings. The quantitative estimate of drug-likeness (QED) is 0.680. The molecule has 3 heterocycles. The van der Waals surface area contributed by atoms with Crippen LogP contribution in [0.25, 0.3) is 11.4 Å². The standard InChI is InChI=1S/C22H24N4O2/c1-15-9-18(27-2)10-21(28-3)19(15)14-26-8-6-20-17(13-26)12-24-22(25-20)16-5-4-7-23-11-16/h4-5,7,9-12H,6,8,13-14H2,1-3H3. The molecule has 0 unspecified atom stereocenters. The number of nitrogens with zero attached hydrogens (tertiary/aromatic N) is 4. The van der Waals surface area contributed by atoms with Crippen molar-refractivity contribution in [3.05, 3.63) is 65.2 Å². The first kappa shape index (κ1) is 18.4. The summed E-state index contributed by atoms with van der Waals surface area (Å²) in [7, 11) is 3.38. The molecular weight excluding hydrogens is 352 g/mol. The molecule has 1 aliphatic rings.